The lowest BCUT2D eigenvalue weighted by Crippen LogP contribution is -2.60. The molecule has 0 saturated carbocycles. The summed E-state index contributed by atoms with van der Waals surface area (Å²) < 4.78 is 10.1. The Kier molecular flexibility index (Phi) is 46.8. The monoisotopic (exact) mass is 1600 g/mol. The summed E-state index contributed by atoms with van der Waals surface area (Å²) >= 11 is 0. The van der Waals surface area contributed by atoms with Crippen molar-refractivity contribution in [3.05, 3.63) is 52.0 Å². The van der Waals surface area contributed by atoms with E-state index >= 15 is 0 Å². The highest BCUT2D eigenvalue weighted by Crippen LogP contribution is 2.48. The summed E-state index contributed by atoms with van der Waals surface area (Å²) in [4.78, 5) is 0. The Morgan fingerprint density at radius 2 is 0.447 bits per heavy atom. The van der Waals surface area contributed by atoms with Gasteiger partial charge in [0.25, 0.3) is 0 Å². The predicted molar refractivity (Wildman–Crippen MR) is 514 cm³/mol. The highest BCUT2D eigenvalue weighted by Gasteiger charge is 2.54. The van der Waals surface area contributed by atoms with Crippen LogP contribution in [-0.2, 0) is 0 Å². The van der Waals surface area contributed by atoms with Crippen LogP contribution in [-0.4, -0.2) is 209 Å². The Bertz CT molecular complexity index is 2470. The smallest absolute Gasteiger partial charge is 0.0892 e. The Balaban J connectivity index is 0.000000658. The first-order valence-corrected chi connectivity index (χ1v) is 49.3. The lowest BCUT2D eigenvalue weighted by molar-refractivity contribution is -0.964. The Morgan fingerprint density at radius 3 is 0.868 bits per heavy atom. The molecule has 0 bridgehead atoms. The van der Waals surface area contributed by atoms with E-state index in [1.54, 1.807) is 0 Å². The third-order valence-corrected chi connectivity index (χ3v) is 40.6. The Hall–Kier alpha value is -0.280. The first kappa shape index (κ1) is 112. The molecular weight excluding hydrogens is 1380 g/mol. The number of nitrogens with zero attached hydrogens (tertiary/aromatic N) is 7. The minimum atomic E-state index is 0. The van der Waals surface area contributed by atoms with E-state index in [4.69, 9.17) is 0 Å². The molecule has 0 aromatic heterocycles. The fraction of sp³-hybridized carbons (Fsp3) is 0.935. The molecule has 30 unspecified atom stereocenters. The molecule has 14 aliphatic heterocycles. The highest BCUT2D eigenvalue weighted by atomic mass is 15.4. The maximum atomic E-state index is 2.53. The quantitative estimate of drug-likeness (QED) is 0.168. The molecule has 0 amide bonds. The van der Waals surface area contributed by atoms with E-state index in [-0.39, 0.29) is 52.0 Å². The molecule has 14 saturated heterocycles. The third kappa shape index (κ3) is 24.2. The van der Waals surface area contributed by atoms with E-state index < -0.39 is 0 Å². The van der Waals surface area contributed by atoms with Gasteiger partial charge >= 0.3 is 0 Å². The number of rotatable bonds is 0. The maximum Gasteiger partial charge on any atom is 0.0892 e. The van der Waals surface area contributed by atoms with E-state index in [2.05, 4.69) is 208 Å². The molecule has 0 aliphatic carbocycles. The number of quaternary nitrogens is 7. The molecule has 0 aromatic rings. The second-order valence-electron chi connectivity index (χ2n) is 45.5. The molecule has 14 aliphatic rings. The summed E-state index contributed by atoms with van der Waals surface area (Å²) in [6, 6.07) is 9.84. The first-order valence-electron chi connectivity index (χ1n) is 49.3. The summed E-state index contributed by atoms with van der Waals surface area (Å²) in [6.45, 7) is 99.6. The minimum absolute atomic E-state index is 0. The molecule has 14 fully saturated rings. The van der Waals surface area contributed by atoms with Crippen LogP contribution in [0, 0.1) is 164 Å². The van der Waals surface area contributed by atoms with Crippen LogP contribution in [0.4, 0.5) is 0 Å². The molecule has 7 nitrogen and oxygen atoms in total. The van der Waals surface area contributed by atoms with E-state index in [1.807, 2.05) is 0 Å². The minimum Gasteiger partial charge on any atom is -0.358 e. The van der Waals surface area contributed by atoms with E-state index in [9.17, 15) is 0 Å². The second kappa shape index (κ2) is 47.7. The molecular formula is C107H221N7. The van der Waals surface area contributed by atoms with E-state index in [1.165, 1.54) is 290 Å². The molecule has 7 heteroatoms. The second-order valence-corrected chi connectivity index (χ2v) is 45.5. The fourth-order valence-electron chi connectivity index (χ4n) is 29.9. The van der Waals surface area contributed by atoms with Crippen LogP contribution in [0.3, 0.4) is 0 Å². The number of hydrogen-bond donors (Lipinski definition) is 0. The lowest BCUT2D eigenvalue weighted by atomic mass is 9.78. The SMILES string of the molecule is CC1CC(C)C(C)[N+]2(CCCC2)C(C)C1.CC1CC(C)[N+]2(CCCC2)C(C)C(C)C1C.CC1CC(C)[N+]2(CCCC2)C(C)CC1C.CC1CCC(C)C(C)[N+]2(CCCC2)C1C.CC1CCC(C)[N+]2(CCCC2)C(C)C1C.CC1C[N+]2(CCCC2)C(C)C(C)C(C)C1C.CC1C[N+]2(CCCC2)CC(C)C(C)C1C.[CH3-].[CH3-].[CH3-].[CH3-].[CH3-].[CH3-].[CH3-]. The molecule has 114 heavy (non-hydrogen) atoms. The van der Waals surface area contributed by atoms with E-state index in [0.29, 0.717) is 0 Å². The van der Waals surface area contributed by atoms with E-state index in [0.717, 1.165) is 179 Å². The van der Waals surface area contributed by atoms with Crippen molar-refractivity contribution in [2.45, 2.75) is 422 Å². The van der Waals surface area contributed by atoms with Gasteiger partial charge < -0.3 is 83.4 Å². The van der Waals surface area contributed by atoms with Crippen LogP contribution in [0.2, 0.25) is 0 Å². The summed E-state index contributed by atoms with van der Waals surface area (Å²) in [5.74, 6) is 17.4. The number of hydrogen-bond acceptors (Lipinski definition) is 0. The van der Waals surface area contributed by atoms with Gasteiger partial charge in [0.15, 0.2) is 0 Å². The largest absolute Gasteiger partial charge is 0.358 e. The van der Waals surface area contributed by atoms with Crippen molar-refractivity contribution < 1.29 is 31.4 Å². The van der Waals surface area contributed by atoms with Gasteiger partial charge in [-0.2, -0.15) is 0 Å². The molecule has 684 valence electrons. The summed E-state index contributed by atoms with van der Waals surface area (Å²) in [5, 5.41) is 0. The summed E-state index contributed by atoms with van der Waals surface area (Å²) in [7, 11) is 0. The van der Waals surface area contributed by atoms with Crippen molar-refractivity contribution in [2.24, 2.45) is 112 Å². The standard InChI is InChI=1S/2C15H30N.5C14H28N.7CH3/c1-11-10-16(8-6-7-9-16)15(5)14(4)13(3)12(11)2;1-11-10-12(2)16(8-6-7-9-16)15(5)14(4)13(11)3;1-11-7-8-12(2)15(9-5-6-10-15)14(4)13(11)3;1-11-7-8-12(2)14(4)15(13(11)3)9-5-6-10-15;1-11-9-15(7-5-6-8-15)10-12(2)14(4)13(11)3;1-11-9-13(3)15(7-5-6-8-15)14(4)10-12(11)2;1-11-9-12(2)14(4)15(13(3)10-11)7-5-6-8-15;;;;;;;/h2*11-15H,6-10H2,1-5H3;5*11-14H,5-10H2,1-4H3;7*1H3/q7*+1;7*-1. The zero-order valence-electron chi connectivity index (χ0n) is 85.7. The van der Waals surface area contributed by atoms with Crippen LogP contribution in [0.5, 0.6) is 0 Å². The van der Waals surface area contributed by atoms with Crippen LogP contribution in [0.1, 0.15) is 355 Å². The Morgan fingerprint density at radius 1 is 0.167 bits per heavy atom. The van der Waals surface area contributed by atoms with Gasteiger partial charge in [-0.25, -0.2) is 0 Å². The van der Waals surface area contributed by atoms with Crippen molar-refractivity contribution >= 4 is 0 Å². The fourth-order valence-corrected chi connectivity index (χ4v) is 29.9. The maximum absolute atomic E-state index is 2.53. The van der Waals surface area contributed by atoms with Crippen molar-refractivity contribution in [1.29, 1.82) is 0 Å². The Labute approximate surface area is 724 Å². The molecule has 0 N–H and O–H groups in total. The zero-order chi connectivity index (χ0) is 79.1. The summed E-state index contributed by atoms with van der Waals surface area (Å²) in [5.41, 5.74) is 0. The van der Waals surface area contributed by atoms with Gasteiger partial charge in [0.2, 0.25) is 0 Å². The van der Waals surface area contributed by atoms with Crippen molar-refractivity contribution in [1.82, 2.24) is 0 Å². The zero-order valence-corrected chi connectivity index (χ0v) is 85.7. The van der Waals surface area contributed by atoms with Crippen molar-refractivity contribution in [3.8, 4) is 0 Å². The van der Waals surface area contributed by atoms with Crippen molar-refractivity contribution in [2.75, 3.05) is 111 Å². The predicted octanol–water partition coefficient (Wildman–Crippen LogP) is 27.3. The normalized spacial score (nSPS) is 43.5. The van der Waals surface area contributed by atoms with Crippen LogP contribution in [0.25, 0.3) is 0 Å². The van der Waals surface area contributed by atoms with Crippen LogP contribution >= 0.6 is 0 Å². The average molecular weight is 1610 g/mol. The first-order chi connectivity index (χ1) is 50.3. The van der Waals surface area contributed by atoms with Crippen molar-refractivity contribution in [3.63, 3.8) is 0 Å². The van der Waals surface area contributed by atoms with Crippen LogP contribution in [0.15, 0.2) is 0 Å². The van der Waals surface area contributed by atoms with Gasteiger partial charge in [0.05, 0.1) is 178 Å². The highest BCUT2D eigenvalue weighted by molar-refractivity contribution is 4.87. The van der Waals surface area contributed by atoms with Crippen LogP contribution < -0.4 is 0 Å². The summed E-state index contributed by atoms with van der Waals surface area (Å²) in [6.07, 6.45) is 33.6. The molecule has 14 heterocycles. The molecule has 0 radical (unpaired) electrons. The van der Waals surface area contributed by atoms with Gasteiger partial charge in [-0.1, -0.05) is 132 Å². The molecule has 14 rings (SSSR count). The van der Waals surface area contributed by atoms with Gasteiger partial charge in [0, 0.05) is 169 Å². The lowest BCUT2D eigenvalue weighted by Gasteiger charge is -2.47. The third-order valence-electron chi connectivity index (χ3n) is 40.6. The molecule has 7 spiro atoms. The molecule has 30 atom stereocenters. The van der Waals surface area contributed by atoms with Gasteiger partial charge in [-0.05, 0) is 167 Å². The van der Waals surface area contributed by atoms with Gasteiger partial charge in [-0.3, -0.25) is 0 Å². The molecule has 0 aromatic carbocycles. The topological polar surface area (TPSA) is 0 Å². The van der Waals surface area contributed by atoms with Gasteiger partial charge in [0.1, 0.15) is 0 Å². The average Bonchev–Trinajstić information content (AvgIpc) is 1.61. The van der Waals surface area contributed by atoms with Gasteiger partial charge in [-0.15, -0.1) is 0 Å².